The highest BCUT2D eigenvalue weighted by Gasteiger charge is 2.03. The maximum Gasteiger partial charge on any atom is 0.244 e. The molecule has 0 bridgehead atoms. The van der Waals surface area contributed by atoms with Gasteiger partial charge in [0, 0.05) is 22.2 Å². The normalized spacial score (nSPS) is 12.7. The van der Waals surface area contributed by atoms with Crippen LogP contribution in [0.15, 0.2) is 24.3 Å². The van der Waals surface area contributed by atoms with Gasteiger partial charge in [0.25, 0.3) is 0 Å². The third-order valence-corrected chi connectivity index (χ3v) is 3.05. The third kappa shape index (κ3) is 5.11. The highest BCUT2D eigenvalue weighted by Crippen LogP contribution is 2.21. The van der Waals surface area contributed by atoms with Crippen LogP contribution in [0.4, 0.5) is 0 Å². The van der Waals surface area contributed by atoms with Crippen molar-refractivity contribution in [3.05, 3.63) is 39.9 Å². The van der Waals surface area contributed by atoms with Crippen LogP contribution in [-0.2, 0) is 4.79 Å². The Morgan fingerprint density at radius 1 is 1.44 bits per heavy atom. The largest absolute Gasteiger partial charge is 0.350 e. The second-order valence-electron chi connectivity index (χ2n) is 4.20. The number of carbonyl (C=O) groups is 1. The molecule has 0 fully saturated rings. The minimum absolute atomic E-state index is 0.109. The third-order valence-electron chi connectivity index (χ3n) is 2.49. The first-order valence-electron chi connectivity index (χ1n) is 5.96. The molecule has 1 aromatic carbocycles. The SMILES string of the molecule is CCC[C@@H](C)NC(=O)/C=C/c1ccc(Cl)cc1Cl. The number of benzene rings is 1. The molecule has 0 saturated carbocycles. The topological polar surface area (TPSA) is 29.1 Å². The number of rotatable bonds is 5. The average molecular weight is 286 g/mol. The zero-order valence-corrected chi connectivity index (χ0v) is 12.1. The molecule has 0 unspecified atom stereocenters. The molecule has 0 spiro atoms. The van der Waals surface area contributed by atoms with E-state index in [1.807, 2.05) is 6.92 Å². The van der Waals surface area contributed by atoms with Crippen molar-refractivity contribution in [2.24, 2.45) is 0 Å². The summed E-state index contributed by atoms with van der Waals surface area (Å²) in [5.41, 5.74) is 0.777. The van der Waals surface area contributed by atoms with Crippen LogP contribution >= 0.6 is 23.2 Å². The van der Waals surface area contributed by atoms with E-state index in [4.69, 9.17) is 23.2 Å². The molecule has 1 aromatic rings. The lowest BCUT2D eigenvalue weighted by Crippen LogP contribution is -2.30. The Bertz CT molecular complexity index is 443. The predicted octanol–water partition coefficient (Wildman–Crippen LogP) is 4.31. The van der Waals surface area contributed by atoms with Gasteiger partial charge in [0.05, 0.1) is 0 Å². The quantitative estimate of drug-likeness (QED) is 0.803. The lowest BCUT2D eigenvalue weighted by atomic mass is 10.2. The summed E-state index contributed by atoms with van der Waals surface area (Å²) in [6, 6.07) is 5.36. The van der Waals surface area contributed by atoms with Crippen molar-refractivity contribution in [1.29, 1.82) is 0 Å². The summed E-state index contributed by atoms with van der Waals surface area (Å²) in [6.45, 7) is 4.08. The van der Waals surface area contributed by atoms with Crippen molar-refractivity contribution in [3.63, 3.8) is 0 Å². The minimum Gasteiger partial charge on any atom is -0.350 e. The standard InChI is InChI=1S/C14H17Cl2NO/c1-3-4-10(2)17-14(18)8-6-11-5-7-12(15)9-13(11)16/h5-10H,3-4H2,1-2H3,(H,17,18)/b8-6+/t10-/m1/s1. The summed E-state index contributed by atoms with van der Waals surface area (Å²) in [7, 11) is 0. The van der Waals surface area contributed by atoms with Gasteiger partial charge < -0.3 is 5.32 Å². The molecule has 0 aliphatic carbocycles. The van der Waals surface area contributed by atoms with E-state index < -0.39 is 0 Å². The Kier molecular flexibility index (Phi) is 6.23. The molecular formula is C14H17Cl2NO. The number of hydrogen-bond donors (Lipinski definition) is 1. The molecule has 1 atom stereocenters. The molecule has 4 heteroatoms. The Labute approximate surface area is 118 Å². The average Bonchev–Trinajstić information content (AvgIpc) is 2.28. The van der Waals surface area contributed by atoms with Gasteiger partial charge in [0.15, 0.2) is 0 Å². The van der Waals surface area contributed by atoms with Gasteiger partial charge in [-0.05, 0) is 37.1 Å². The van der Waals surface area contributed by atoms with Gasteiger partial charge in [0.1, 0.15) is 0 Å². The fraction of sp³-hybridized carbons (Fsp3) is 0.357. The lowest BCUT2D eigenvalue weighted by Gasteiger charge is -2.10. The van der Waals surface area contributed by atoms with Crippen molar-refractivity contribution in [2.75, 3.05) is 0 Å². The van der Waals surface area contributed by atoms with E-state index in [1.165, 1.54) is 6.08 Å². The molecule has 0 saturated heterocycles. The number of halogens is 2. The van der Waals surface area contributed by atoms with Crippen LogP contribution in [0.5, 0.6) is 0 Å². The Morgan fingerprint density at radius 2 is 2.17 bits per heavy atom. The molecule has 1 rings (SSSR count). The molecule has 0 aromatic heterocycles. The van der Waals surface area contributed by atoms with Gasteiger partial charge in [-0.25, -0.2) is 0 Å². The Morgan fingerprint density at radius 3 is 2.78 bits per heavy atom. The number of amides is 1. The van der Waals surface area contributed by atoms with E-state index >= 15 is 0 Å². The minimum atomic E-state index is -0.109. The van der Waals surface area contributed by atoms with Crippen LogP contribution < -0.4 is 5.32 Å². The van der Waals surface area contributed by atoms with E-state index in [1.54, 1.807) is 24.3 Å². The van der Waals surface area contributed by atoms with E-state index in [-0.39, 0.29) is 11.9 Å². The van der Waals surface area contributed by atoms with Gasteiger partial charge in [-0.1, -0.05) is 42.6 Å². The van der Waals surface area contributed by atoms with Gasteiger partial charge in [-0.3, -0.25) is 4.79 Å². The second-order valence-corrected chi connectivity index (χ2v) is 5.04. The maximum absolute atomic E-state index is 11.6. The van der Waals surface area contributed by atoms with E-state index in [9.17, 15) is 4.79 Å². The van der Waals surface area contributed by atoms with Crippen molar-refractivity contribution in [3.8, 4) is 0 Å². The predicted molar refractivity (Wildman–Crippen MR) is 78.0 cm³/mol. The molecular weight excluding hydrogens is 269 g/mol. The molecule has 0 aliphatic rings. The number of nitrogens with one attached hydrogen (secondary N) is 1. The van der Waals surface area contributed by atoms with Crippen molar-refractivity contribution in [1.82, 2.24) is 5.32 Å². The van der Waals surface area contributed by atoms with Crippen molar-refractivity contribution in [2.45, 2.75) is 32.7 Å². The zero-order valence-electron chi connectivity index (χ0n) is 10.5. The monoisotopic (exact) mass is 285 g/mol. The first-order chi connectivity index (χ1) is 8.52. The molecule has 1 N–H and O–H groups in total. The highest BCUT2D eigenvalue weighted by atomic mass is 35.5. The van der Waals surface area contributed by atoms with E-state index in [2.05, 4.69) is 12.2 Å². The molecule has 1 amide bonds. The maximum atomic E-state index is 11.6. The molecule has 18 heavy (non-hydrogen) atoms. The number of hydrogen-bond acceptors (Lipinski definition) is 1. The highest BCUT2D eigenvalue weighted by molar-refractivity contribution is 6.35. The fourth-order valence-corrected chi connectivity index (χ4v) is 2.07. The summed E-state index contributed by atoms with van der Waals surface area (Å²) >= 11 is 11.8. The summed E-state index contributed by atoms with van der Waals surface area (Å²) < 4.78 is 0. The van der Waals surface area contributed by atoms with Gasteiger partial charge in [-0.2, -0.15) is 0 Å². The van der Waals surface area contributed by atoms with Crippen molar-refractivity contribution < 1.29 is 4.79 Å². The van der Waals surface area contributed by atoms with Crippen LogP contribution in [-0.4, -0.2) is 11.9 Å². The summed E-state index contributed by atoms with van der Waals surface area (Å²) in [5.74, 6) is -0.109. The first kappa shape index (κ1) is 15.1. The zero-order chi connectivity index (χ0) is 13.5. The first-order valence-corrected chi connectivity index (χ1v) is 6.72. The van der Waals surface area contributed by atoms with Crippen LogP contribution in [0, 0.1) is 0 Å². The molecule has 2 nitrogen and oxygen atoms in total. The summed E-state index contributed by atoms with van der Waals surface area (Å²) in [5, 5.41) is 4.00. The van der Waals surface area contributed by atoms with Crippen LogP contribution in [0.3, 0.4) is 0 Å². The smallest absolute Gasteiger partial charge is 0.244 e. The van der Waals surface area contributed by atoms with Crippen LogP contribution in [0.25, 0.3) is 6.08 Å². The molecule has 0 aliphatic heterocycles. The molecule has 98 valence electrons. The van der Waals surface area contributed by atoms with Gasteiger partial charge in [-0.15, -0.1) is 0 Å². The molecule has 0 radical (unpaired) electrons. The lowest BCUT2D eigenvalue weighted by molar-refractivity contribution is -0.117. The van der Waals surface area contributed by atoms with Crippen molar-refractivity contribution >= 4 is 35.2 Å². The van der Waals surface area contributed by atoms with Crippen LogP contribution in [0.2, 0.25) is 10.0 Å². The van der Waals surface area contributed by atoms with Gasteiger partial charge >= 0.3 is 0 Å². The summed E-state index contributed by atoms with van der Waals surface area (Å²) in [4.78, 5) is 11.6. The Hall–Kier alpha value is -0.990. The molecule has 0 heterocycles. The van der Waals surface area contributed by atoms with Gasteiger partial charge in [0.2, 0.25) is 5.91 Å². The fourth-order valence-electron chi connectivity index (χ4n) is 1.60. The second kappa shape index (κ2) is 7.45. The van der Waals surface area contributed by atoms with Crippen LogP contribution in [0.1, 0.15) is 32.3 Å². The number of carbonyl (C=O) groups excluding carboxylic acids is 1. The summed E-state index contributed by atoms with van der Waals surface area (Å²) in [6.07, 6.45) is 5.20. The Balaban J connectivity index is 2.60. The van der Waals surface area contributed by atoms with E-state index in [0.29, 0.717) is 10.0 Å². The van der Waals surface area contributed by atoms with E-state index in [0.717, 1.165) is 18.4 Å².